The van der Waals surface area contributed by atoms with Gasteiger partial charge in [-0.15, -0.1) is 0 Å². The lowest BCUT2D eigenvalue weighted by atomic mass is 10.1. The van der Waals surface area contributed by atoms with Gasteiger partial charge in [0, 0.05) is 24.9 Å². The van der Waals surface area contributed by atoms with Crippen molar-refractivity contribution in [3.8, 4) is 17.1 Å². The molecule has 26 heavy (non-hydrogen) atoms. The van der Waals surface area contributed by atoms with Crippen molar-refractivity contribution in [2.75, 3.05) is 20.3 Å². The summed E-state index contributed by atoms with van der Waals surface area (Å²) in [6, 6.07) is 14.8. The van der Waals surface area contributed by atoms with Gasteiger partial charge < -0.3 is 19.3 Å². The number of carbonyl (C=O) groups is 1. The van der Waals surface area contributed by atoms with Gasteiger partial charge in [-0.2, -0.15) is 0 Å². The van der Waals surface area contributed by atoms with Crippen LogP contribution in [-0.2, 0) is 11.3 Å². The fraction of sp³-hybridized carbons (Fsp3) is 0.211. The predicted octanol–water partition coefficient (Wildman–Crippen LogP) is 2.69. The van der Waals surface area contributed by atoms with E-state index >= 15 is 0 Å². The van der Waals surface area contributed by atoms with E-state index in [9.17, 15) is 4.79 Å². The Kier molecular flexibility index (Phi) is 5.95. The van der Waals surface area contributed by atoms with Crippen molar-refractivity contribution in [3.63, 3.8) is 0 Å². The Hall–Kier alpha value is -3.19. The summed E-state index contributed by atoms with van der Waals surface area (Å²) in [6.07, 6.45) is 1.57. The molecular weight excluding hydrogens is 334 g/mol. The van der Waals surface area contributed by atoms with Gasteiger partial charge in [0.1, 0.15) is 17.9 Å². The van der Waals surface area contributed by atoms with Crippen LogP contribution in [0.15, 0.2) is 59.3 Å². The Morgan fingerprint density at radius 2 is 2.00 bits per heavy atom. The topological polar surface area (TPSA) is 86.5 Å². The number of amides is 1. The molecule has 0 aliphatic rings. The van der Waals surface area contributed by atoms with Crippen LogP contribution >= 0.6 is 0 Å². The molecule has 0 aliphatic carbocycles. The van der Waals surface area contributed by atoms with Crippen LogP contribution < -0.4 is 10.1 Å². The maximum absolute atomic E-state index is 12.4. The van der Waals surface area contributed by atoms with Crippen molar-refractivity contribution in [1.82, 2.24) is 15.5 Å². The van der Waals surface area contributed by atoms with Crippen molar-refractivity contribution >= 4 is 5.91 Å². The van der Waals surface area contributed by atoms with Gasteiger partial charge in [0.2, 0.25) is 5.88 Å². The van der Waals surface area contributed by atoms with Gasteiger partial charge in [-0.3, -0.25) is 4.79 Å². The van der Waals surface area contributed by atoms with Crippen molar-refractivity contribution < 1.29 is 18.8 Å². The van der Waals surface area contributed by atoms with Crippen molar-refractivity contribution in [1.29, 1.82) is 0 Å². The molecule has 0 unspecified atom stereocenters. The molecule has 1 aromatic carbocycles. The molecule has 2 heterocycles. The van der Waals surface area contributed by atoms with E-state index in [0.717, 1.165) is 11.3 Å². The Morgan fingerprint density at radius 1 is 1.15 bits per heavy atom. The summed E-state index contributed by atoms with van der Waals surface area (Å²) >= 11 is 0. The molecule has 3 aromatic rings. The molecule has 0 radical (unpaired) electrons. The van der Waals surface area contributed by atoms with E-state index in [0.29, 0.717) is 24.5 Å². The van der Waals surface area contributed by atoms with Crippen molar-refractivity contribution in [3.05, 3.63) is 66.1 Å². The van der Waals surface area contributed by atoms with Gasteiger partial charge in [-0.25, -0.2) is 4.98 Å². The minimum atomic E-state index is -0.303. The number of aromatic nitrogens is 2. The summed E-state index contributed by atoms with van der Waals surface area (Å²) in [6.45, 7) is 0.944. The molecule has 2 aromatic heterocycles. The largest absolute Gasteiger partial charge is 0.475 e. The molecule has 1 amide bonds. The van der Waals surface area contributed by atoms with Gasteiger partial charge in [0.15, 0.2) is 5.76 Å². The molecular formula is C19H19N3O4. The molecule has 1 N–H and O–H groups in total. The van der Waals surface area contributed by atoms with Gasteiger partial charge in [-0.05, 0) is 12.1 Å². The van der Waals surface area contributed by atoms with Gasteiger partial charge in [-0.1, -0.05) is 35.5 Å². The third-order valence-electron chi connectivity index (χ3n) is 3.59. The molecule has 0 bridgehead atoms. The Morgan fingerprint density at radius 3 is 2.81 bits per heavy atom. The van der Waals surface area contributed by atoms with E-state index < -0.39 is 0 Å². The molecule has 0 atom stereocenters. The van der Waals surface area contributed by atoms with E-state index in [1.165, 1.54) is 0 Å². The fourth-order valence-electron chi connectivity index (χ4n) is 2.30. The maximum Gasteiger partial charge on any atom is 0.257 e. The predicted molar refractivity (Wildman–Crippen MR) is 94.7 cm³/mol. The second kappa shape index (κ2) is 8.77. The summed E-state index contributed by atoms with van der Waals surface area (Å²) in [5, 5.41) is 6.81. The van der Waals surface area contributed by atoms with Crippen LogP contribution in [0.1, 0.15) is 16.1 Å². The third kappa shape index (κ3) is 4.46. The fourth-order valence-corrected chi connectivity index (χ4v) is 2.30. The summed E-state index contributed by atoms with van der Waals surface area (Å²) in [7, 11) is 1.58. The second-order valence-corrected chi connectivity index (χ2v) is 5.42. The van der Waals surface area contributed by atoms with E-state index in [2.05, 4.69) is 15.5 Å². The third-order valence-corrected chi connectivity index (χ3v) is 3.59. The summed E-state index contributed by atoms with van der Waals surface area (Å²) in [5.74, 6) is 0.524. The second-order valence-electron chi connectivity index (χ2n) is 5.42. The first-order valence-electron chi connectivity index (χ1n) is 8.14. The zero-order valence-electron chi connectivity index (χ0n) is 14.3. The van der Waals surface area contributed by atoms with Crippen LogP contribution in [0.4, 0.5) is 0 Å². The minimum absolute atomic E-state index is 0.213. The number of benzene rings is 1. The zero-order chi connectivity index (χ0) is 18.2. The lowest BCUT2D eigenvalue weighted by molar-refractivity contribution is 0.0937. The van der Waals surface area contributed by atoms with Crippen molar-refractivity contribution in [2.24, 2.45) is 0 Å². The number of pyridine rings is 1. The smallest absolute Gasteiger partial charge is 0.257 e. The average molecular weight is 353 g/mol. The Balaban J connectivity index is 1.62. The van der Waals surface area contributed by atoms with E-state index in [1.807, 2.05) is 30.3 Å². The Bertz CT molecular complexity index is 849. The lowest BCUT2D eigenvalue weighted by Gasteiger charge is -2.09. The number of carbonyl (C=O) groups excluding carboxylic acids is 1. The molecule has 7 nitrogen and oxygen atoms in total. The lowest BCUT2D eigenvalue weighted by Crippen LogP contribution is -2.23. The van der Waals surface area contributed by atoms with Gasteiger partial charge in [0.25, 0.3) is 5.91 Å². The van der Waals surface area contributed by atoms with Crippen LogP contribution in [-0.4, -0.2) is 36.4 Å². The molecule has 7 heteroatoms. The van der Waals surface area contributed by atoms with Crippen LogP contribution in [0.2, 0.25) is 0 Å². The standard InChI is InChI=1S/C19H19N3O4/c1-24-10-11-25-19-16(8-5-9-20-19)18(23)21-13-15-12-17(22-26-15)14-6-3-2-4-7-14/h2-9,12H,10-11,13H2,1H3,(H,21,23). The molecule has 134 valence electrons. The molecule has 0 saturated heterocycles. The molecule has 0 aliphatic heterocycles. The zero-order valence-corrected chi connectivity index (χ0v) is 14.3. The highest BCUT2D eigenvalue weighted by Gasteiger charge is 2.14. The number of nitrogens with one attached hydrogen (secondary N) is 1. The number of hydrogen-bond acceptors (Lipinski definition) is 6. The van der Waals surface area contributed by atoms with E-state index in [-0.39, 0.29) is 18.3 Å². The summed E-state index contributed by atoms with van der Waals surface area (Å²) in [5.41, 5.74) is 2.03. The SMILES string of the molecule is COCCOc1ncccc1C(=O)NCc1cc(-c2ccccc2)no1. The Labute approximate surface area is 150 Å². The monoisotopic (exact) mass is 353 g/mol. The van der Waals surface area contributed by atoms with Gasteiger partial charge >= 0.3 is 0 Å². The highest BCUT2D eigenvalue weighted by molar-refractivity contribution is 5.96. The highest BCUT2D eigenvalue weighted by Crippen LogP contribution is 2.19. The number of hydrogen-bond donors (Lipinski definition) is 1. The number of rotatable bonds is 8. The average Bonchev–Trinajstić information content (AvgIpc) is 3.16. The summed E-state index contributed by atoms with van der Waals surface area (Å²) in [4.78, 5) is 16.5. The van der Waals surface area contributed by atoms with Crippen LogP contribution in [0.3, 0.4) is 0 Å². The number of methoxy groups -OCH3 is 1. The molecule has 0 saturated carbocycles. The van der Waals surface area contributed by atoms with Gasteiger partial charge in [0.05, 0.1) is 13.2 Å². The first kappa shape index (κ1) is 17.6. The normalized spacial score (nSPS) is 10.5. The first-order valence-corrected chi connectivity index (χ1v) is 8.14. The maximum atomic E-state index is 12.4. The molecule has 0 spiro atoms. The molecule has 3 rings (SSSR count). The van der Waals surface area contributed by atoms with E-state index in [4.69, 9.17) is 14.0 Å². The first-order chi connectivity index (χ1) is 12.8. The van der Waals surface area contributed by atoms with Crippen molar-refractivity contribution in [2.45, 2.75) is 6.54 Å². The number of ether oxygens (including phenoxy) is 2. The quantitative estimate of drug-likeness (QED) is 0.627. The van der Waals surface area contributed by atoms with Crippen LogP contribution in [0, 0.1) is 0 Å². The van der Waals surface area contributed by atoms with Crippen LogP contribution in [0.25, 0.3) is 11.3 Å². The number of nitrogens with zero attached hydrogens (tertiary/aromatic N) is 2. The van der Waals surface area contributed by atoms with E-state index in [1.54, 1.807) is 31.5 Å². The highest BCUT2D eigenvalue weighted by atomic mass is 16.5. The summed E-state index contributed by atoms with van der Waals surface area (Å²) < 4.78 is 15.7. The minimum Gasteiger partial charge on any atom is -0.475 e. The molecule has 0 fully saturated rings. The van der Waals surface area contributed by atoms with Crippen LogP contribution in [0.5, 0.6) is 5.88 Å².